The van der Waals surface area contributed by atoms with Gasteiger partial charge in [0.1, 0.15) is 0 Å². The molecule has 3 heteroatoms. The van der Waals surface area contributed by atoms with Gasteiger partial charge < -0.3 is 10.2 Å². The van der Waals surface area contributed by atoms with Crippen LogP contribution >= 0.6 is 0 Å². The zero-order chi connectivity index (χ0) is 22.6. The van der Waals surface area contributed by atoms with E-state index in [1.54, 1.807) is 0 Å². The number of rotatable bonds is 5. The first-order valence-corrected chi connectivity index (χ1v) is 15.0. The Hall–Kier alpha value is -0.380. The molecule has 5 fully saturated rings. The number of aliphatic hydroxyl groups is 2. The summed E-state index contributed by atoms with van der Waals surface area (Å²) < 4.78 is 0. The lowest BCUT2D eigenvalue weighted by molar-refractivity contribution is -0.0162. The highest BCUT2D eigenvalue weighted by atomic mass is 16.3. The summed E-state index contributed by atoms with van der Waals surface area (Å²) in [7, 11) is 0. The summed E-state index contributed by atoms with van der Waals surface area (Å²) >= 11 is 0. The molecule has 3 atom stereocenters. The largest absolute Gasteiger partial charge is 0.393 e. The number of nitrogens with zero attached hydrogens (tertiary/aromatic N) is 1. The van der Waals surface area contributed by atoms with Crippen LogP contribution in [-0.4, -0.2) is 45.4 Å². The average Bonchev–Trinajstić information content (AvgIpc) is 2.86. The highest BCUT2D eigenvalue weighted by Crippen LogP contribution is 2.45. The number of fused-ring (bicyclic) bond motifs is 1. The molecule has 0 radical (unpaired) electrons. The third kappa shape index (κ3) is 6.07. The quantitative estimate of drug-likeness (QED) is 0.456. The lowest BCUT2D eigenvalue weighted by atomic mass is 9.65. The molecule has 5 rings (SSSR count). The molecule has 0 amide bonds. The van der Waals surface area contributed by atoms with Crippen LogP contribution < -0.4 is 0 Å². The number of hydrogen-bond acceptors (Lipinski definition) is 3. The monoisotopic (exact) mass is 457 g/mol. The smallest absolute Gasteiger partial charge is 0.0541 e. The van der Waals surface area contributed by atoms with Gasteiger partial charge in [0.15, 0.2) is 0 Å². The Balaban J connectivity index is 1.17. The fourth-order valence-electron chi connectivity index (χ4n) is 8.73. The second kappa shape index (κ2) is 11.6. The minimum Gasteiger partial charge on any atom is -0.393 e. The van der Waals surface area contributed by atoms with E-state index in [-0.39, 0.29) is 12.2 Å². The van der Waals surface area contributed by atoms with Gasteiger partial charge in [-0.25, -0.2) is 0 Å². The minimum atomic E-state index is -0.0688. The van der Waals surface area contributed by atoms with Crippen molar-refractivity contribution >= 4 is 0 Å². The van der Waals surface area contributed by atoms with E-state index in [1.807, 2.05) is 0 Å². The zero-order valence-corrected chi connectivity index (χ0v) is 21.1. The summed E-state index contributed by atoms with van der Waals surface area (Å²) in [6.45, 7) is 0. The molecule has 0 aliphatic heterocycles. The fourth-order valence-corrected chi connectivity index (χ4v) is 8.73. The standard InChI is InChI=1S/C30H51NO2/c32-28-18-14-26(15-19-28)31(27-16-20-29(33)21-17-27)25-12-9-22(10-13-25)8-11-24-6-3-5-23-4-1-2-7-30(23)24/h8,11,22-30,32-33H,1-7,9-10,12-21H2/b11-8+. The fraction of sp³-hybridized carbons (Fsp3) is 0.933. The van der Waals surface area contributed by atoms with E-state index in [2.05, 4.69) is 17.1 Å². The highest BCUT2D eigenvalue weighted by Gasteiger charge is 2.38. The van der Waals surface area contributed by atoms with Gasteiger partial charge in [-0.1, -0.05) is 44.3 Å². The highest BCUT2D eigenvalue weighted by molar-refractivity contribution is 5.01. The SMILES string of the molecule is OC1CCC(N(C2CCC(O)CC2)C2CCC(/C=C/C3CCCC4CCCCC34)CC2)CC1. The van der Waals surface area contributed by atoms with Crippen LogP contribution in [-0.2, 0) is 0 Å². The van der Waals surface area contributed by atoms with Crippen molar-refractivity contribution in [3.63, 3.8) is 0 Å². The molecule has 0 spiro atoms. The number of allylic oxidation sites excluding steroid dienone is 2. The molecule has 3 nitrogen and oxygen atoms in total. The summed E-state index contributed by atoms with van der Waals surface area (Å²) in [5.41, 5.74) is 0. The predicted octanol–water partition coefficient (Wildman–Crippen LogP) is 6.62. The van der Waals surface area contributed by atoms with Crippen LogP contribution in [0.15, 0.2) is 12.2 Å². The molecule has 0 aromatic rings. The van der Waals surface area contributed by atoms with Gasteiger partial charge in [-0.3, -0.25) is 4.90 Å². The molecule has 0 bridgehead atoms. The third-order valence-corrected chi connectivity index (χ3v) is 10.6. The van der Waals surface area contributed by atoms with Crippen molar-refractivity contribution in [2.24, 2.45) is 23.7 Å². The lowest BCUT2D eigenvalue weighted by Gasteiger charge is -2.49. The Bertz CT molecular complexity index is 587. The summed E-state index contributed by atoms with van der Waals surface area (Å²) in [6, 6.07) is 2.06. The Kier molecular flexibility index (Phi) is 8.53. The van der Waals surface area contributed by atoms with Gasteiger partial charge in [0, 0.05) is 18.1 Å². The maximum atomic E-state index is 10.1. The Morgan fingerprint density at radius 2 is 1.00 bits per heavy atom. The van der Waals surface area contributed by atoms with Crippen LogP contribution in [0.4, 0.5) is 0 Å². The summed E-state index contributed by atoms with van der Waals surface area (Å²) in [4.78, 5) is 2.94. The Labute approximate surface area is 203 Å². The molecule has 5 aliphatic carbocycles. The second-order valence-electron chi connectivity index (χ2n) is 12.6. The van der Waals surface area contributed by atoms with Gasteiger partial charge >= 0.3 is 0 Å². The molecule has 2 N–H and O–H groups in total. The zero-order valence-electron chi connectivity index (χ0n) is 21.1. The van der Waals surface area contributed by atoms with E-state index < -0.39 is 0 Å². The van der Waals surface area contributed by atoms with E-state index in [9.17, 15) is 10.2 Å². The van der Waals surface area contributed by atoms with E-state index in [0.717, 1.165) is 55.4 Å². The number of hydrogen-bond donors (Lipinski definition) is 2. The van der Waals surface area contributed by atoms with Gasteiger partial charge in [0.05, 0.1) is 12.2 Å². The van der Waals surface area contributed by atoms with Crippen LogP contribution in [0.2, 0.25) is 0 Å². The van der Waals surface area contributed by atoms with Crippen molar-refractivity contribution in [3.05, 3.63) is 12.2 Å². The first-order valence-electron chi connectivity index (χ1n) is 15.0. The van der Waals surface area contributed by atoms with Crippen LogP contribution in [0.5, 0.6) is 0 Å². The average molecular weight is 458 g/mol. The van der Waals surface area contributed by atoms with Crippen molar-refractivity contribution in [3.8, 4) is 0 Å². The van der Waals surface area contributed by atoms with Crippen LogP contribution in [0.3, 0.4) is 0 Å². The van der Waals surface area contributed by atoms with Crippen LogP contribution in [0, 0.1) is 23.7 Å². The summed E-state index contributed by atoms with van der Waals surface area (Å²) in [5.74, 6) is 3.71. The van der Waals surface area contributed by atoms with Crippen molar-refractivity contribution in [1.82, 2.24) is 4.90 Å². The van der Waals surface area contributed by atoms with Crippen molar-refractivity contribution < 1.29 is 10.2 Å². The maximum absolute atomic E-state index is 10.1. The van der Waals surface area contributed by atoms with Crippen molar-refractivity contribution in [2.45, 2.75) is 152 Å². The van der Waals surface area contributed by atoms with Gasteiger partial charge in [0.25, 0.3) is 0 Å². The second-order valence-corrected chi connectivity index (χ2v) is 12.6. The topological polar surface area (TPSA) is 43.7 Å². The van der Waals surface area contributed by atoms with Crippen LogP contribution in [0.1, 0.15) is 122 Å². The molecule has 33 heavy (non-hydrogen) atoms. The van der Waals surface area contributed by atoms with E-state index in [1.165, 1.54) is 96.3 Å². The van der Waals surface area contributed by atoms with Gasteiger partial charge in [-0.2, -0.15) is 0 Å². The lowest BCUT2D eigenvalue weighted by Crippen LogP contribution is -2.53. The summed E-state index contributed by atoms with van der Waals surface area (Å²) in [6.07, 6.45) is 29.6. The molecule has 0 heterocycles. The van der Waals surface area contributed by atoms with Gasteiger partial charge in [0.2, 0.25) is 0 Å². The first-order chi connectivity index (χ1) is 16.2. The molecule has 5 saturated carbocycles. The van der Waals surface area contributed by atoms with Crippen molar-refractivity contribution in [2.75, 3.05) is 0 Å². The van der Waals surface area contributed by atoms with E-state index in [0.29, 0.717) is 12.1 Å². The van der Waals surface area contributed by atoms with Crippen molar-refractivity contribution in [1.29, 1.82) is 0 Å². The van der Waals surface area contributed by atoms with Crippen LogP contribution in [0.25, 0.3) is 0 Å². The molecule has 0 saturated heterocycles. The predicted molar refractivity (Wildman–Crippen MR) is 136 cm³/mol. The van der Waals surface area contributed by atoms with Gasteiger partial charge in [-0.15, -0.1) is 0 Å². The molecular weight excluding hydrogens is 406 g/mol. The van der Waals surface area contributed by atoms with E-state index >= 15 is 0 Å². The third-order valence-electron chi connectivity index (χ3n) is 10.6. The maximum Gasteiger partial charge on any atom is 0.0541 e. The molecule has 3 unspecified atom stereocenters. The molecular formula is C30H51NO2. The molecule has 188 valence electrons. The number of aliphatic hydroxyl groups excluding tert-OH is 2. The molecule has 0 aromatic carbocycles. The normalized spacial score (nSPS) is 45.2. The Morgan fingerprint density at radius 1 is 0.485 bits per heavy atom. The molecule has 0 aromatic heterocycles. The van der Waals surface area contributed by atoms with Gasteiger partial charge in [-0.05, 0) is 114 Å². The Morgan fingerprint density at radius 3 is 1.61 bits per heavy atom. The first kappa shape index (κ1) is 24.3. The summed E-state index contributed by atoms with van der Waals surface area (Å²) in [5, 5.41) is 20.2. The molecule has 5 aliphatic rings. The van der Waals surface area contributed by atoms with E-state index in [4.69, 9.17) is 0 Å². The minimum absolute atomic E-state index is 0.0688.